The summed E-state index contributed by atoms with van der Waals surface area (Å²) in [4.78, 5) is 12.6. The number of anilines is 1. The predicted octanol–water partition coefficient (Wildman–Crippen LogP) is 3.70. The van der Waals surface area contributed by atoms with E-state index in [1.807, 2.05) is 6.92 Å². The molecule has 1 aromatic carbocycles. The lowest BCUT2D eigenvalue weighted by Crippen LogP contribution is -2.32. The maximum atomic E-state index is 10.8. The Balaban J connectivity index is 2.65. The Labute approximate surface area is 125 Å². The van der Waals surface area contributed by atoms with Gasteiger partial charge >= 0.3 is 0 Å². The van der Waals surface area contributed by atoms with Gasteiger partial charge in [-0.3, -0.25) is 10.1 Å². The number of likely N-dealkylation sites (N-methyl/N-ethyl adjacent to an activating group) is 1. The van der Waals surface area contributed by atoms with Crippen LogP contribution in [-0.2, 0) is 0 Å². The fraction of sp³-hybridized carbons (Fsp3) is 0.571. The smallest absolute Gasteiger partial charge is 0.288 e. The van der Waals surface area contributed by atoms with Gasteiger partial charge in [-0.05, 0) is 38.9 Å². The molecule has 1 unspecified atom stereocenters. The summed E-state index contributed by atoms with van der Waals surface area (Å²) in [7, 11) is 2.09. The Bertz CT molecular complexity index is 480. The number of aryl methyl sites for hydroxylation is 1. The van der Waals surface area contributed by atoms with Gasteiger partial charge in [-0.15, -0.1) is 0 Å². The quantitative estimate of drug-likeness (QED) is 0.616. The van der Waals surface area contributed by atoms with Gasteiger partial charge in [-0.2, -0.15) is 0 Å². The minimum Gasteiger partial charge on any atom is -0.383 e. The van der Waals surface area contributed by atoms with E-state index in [-0.39, 0.29) is 10.7 Å². The van der Waals surface area contributed by atoms with E-state index in [2.05, 4.69) is 31.1 Å². The van der Waals surface area contributed by atoms with E-state index in [0.717, 1.165) is 30.8 Å². The van der Waals surface area contributed by atoms with Crippen LogP contribution in [0.2, 0.25) is 5.02 Å². The molecule has 0 fully saturated rings. The third kappa shape index (κ3) is 4.35. The van der Waals surface area contributed by atoms with Crippen LogP contribution in [0.5, 0.6) is 0 Å². The molecule has 0 heterocycles. The van der Waals surface area contributed by atoms with Crippen molar-refractivity contribution < 1.29 is 4.92 Å². The first-order valence-electron chi connectivity index (χ1n) is 6.75. The van der Waals surface area contributed by atoms with Gasteiger partial charge in [0, 0.05) is 30.9 Å². The molecule has 0 aliphatic rings. The van der Waals surface area contributed by atoms with Crippen molar-refractivity contribution in [3.63, 3.8) is 0 Å². The van der Waals surface area contributed by atoms with Gasteiger partial charge in [-0.25, -0.2) is 0 Å². The van der Waals surface area contributed by atoms with Crippen molar-refractivity contribution in [1.29, 1.82) is 0 Å². The molecular formula is C14H22ClN3O2. The molecule has 6 heteroatoms. The molecule has 112 valence electrons. The number of hydrogen-bond acceptors (Lipinski definition) is 4. The summed E-state index contributed by atoms with van der Waals surface area (Å²) in [6.07, 6.45) is 1.11. The van der Waals surface area contributed by atoms with E-state index in [4.69, 9.17) is 11.6 Å². The number of benzene rings is 1. The highest BCUT2D eigenvalue weighted by Crippen LogP contribution is 2.30. The second-order valence-corrected chi connectivity index (χ2v) is 5.45. The summed E-state index contributed by atoms with van der Waals surface area (Å²) in [5.74, 6) is 0. The highest BCUT2D eigenvalue weighted by molar-refractivity contribution is 6.33. The van der Waals surface area contributed by atoms with Gasteiger partial charge in [0.15, 0.2) is 0 Å². The van der Waals surface area contributed by atoms with E-state index in [1.54, 1.807) is 6.07 Å². The van der Waals surface area contributed by atoms with Crippen molar-refractivity contribution >= 4 is 23.0 Å². The van der Waals surface area contributed by atoms with Crippen LogP contribution >= 0.6 is 11.6 Å². The summed E-state index contributed by atoms with van der Waals surface area (Å²) in [6.45, 7) is 7.87. The molecule has 1 N–H and O–H groups in total. The van der Waals surface area contributed by atoms with Crippen LogP contribution in [0.3, 0.4) is 0 Å². The maximum Gasteiger partial charge on any atom is 0.288 e. The fourth-order valence-electron chi connectivity index (χ4n) is 1.90. The first-order valence-corrected chi connectivity index (χ1v) is 7.13. The monoisotopic (exact) mass is 299 g/mol. The van der Waals surface area contributed by atoms with Gasteiger partial charge in [0.25, 0.3) is 5.69 Å². The number of nitrogens with zero attached hydrogens (tertiary/aromatic N) is 2. The Morgan fingerprint density at radius 3 is 2.70 bits per heavy atom. The summed E-state index contributed by atoms with van der Waals surface area (Å²) in [5.41, 5.74) is 1.62. The van der Waals surface area contributed by atoms with Crippen molar-refractivity contribution in [2.24, 2.45) is 0 Å². The third-order valence-electron chi connectivity index (χ3n) is 3.61. The summed E-state index contributed by atoms with van der Waals surface area (Å²) in [5, 5.41) is 14.2. The van der Waals surface area contributed by atoms with E-state index >= 15 is 0 Å². The van der Waals surface area contributed by atoms with Gasteiger partial charge in [-0.1, -0.05) is 18.5 Å². The van der Waals surface area contributed by atoms with Crippen LogP contribution in [0.4, 0.5) is 11.4 Å². The summed E-state index contributed by atoms with van der Waals surface area (Å²) in [6, 6.07) is 3.67. The van der Waals surface area contributed by atoms with Crippen LogP contribution in [0, 0.1) is 17.0 Å². The molecular weight excluding hydrogens is 278 g/mol. The molecule has 1 atom stereocenters. The van der Waals surface area contributed by atoms with Gasteiger partial charge in [0.05, 0.1) is 4.92 Å². The SMILES string of the molecule is CCC(C)N(C)CCNc1cc(Cl)c([N+](=O)[O-])cc1C. The van der Waals surface area contributed by atoms with E-state index < -0.39 is 4.92 Å². The fourth-order valence-corrected chi connectivity index (χ4v) is 2.13. The van der Waals surface area contributed by atoms with Crippen molar-refractivity contribution in [3.05, 3.63) is 32.8 Å². The topological polar surface area (TPSA) is 58.4 Å². The largest absolute Gasteiger partial charge is 0.383 e. The number of nitrogens with one attached hydrogen (secondary N) is 1. The number of halogens is 1. The van der Waals surface area contributed by atoms with Crippen LogP contribution in [0.1, 0.15) is 25.8 Å². The molecule has 0 aliphatic carbocycles. The zero-order valence-corrected chi connectivity index (χ0v) is 13.2. The zero-order valence-electron chi connectivity index (χ0n) is 12.4. The number of rotatable bonds is 7. The van der Waals surface area contributed by atoms with Crippen molar-refractivity contribution in [1.82, 2.24) is 4.90 Å². The molecule has 20 heavy (non-hydrogen) atoms. The predicted molar refractivity (Wildman–Crippen MR) is 83.7 cm³/mol. The van der Waals surface area contributed by atoms with Crippen molar-refractivity contribution in [2.75, 3.05) is 25.5 Å². The molecule has 0 aliphatic heterocycles. The first-order chi connectivity index (χ1) is 9.36. The Morgan fingerprint density at radius 2 is 2.15 bits per heavy atom. The molecule has 0 amide bonds. The Morgan fingerprint density at radius 1 is 1.50 bits per heavy atom. The molecule has 0 aromatic heterocycles. The molecule has 0 spiro atoms. The molecule has 1 aromatic rings. The van der Waals surface area contributed by atoms with Crippen LogP contribution in [0.25, 0.3) is 0 Å². The number of hydrogen-bond donors (Lipinski definition) is 1. The van der Waals surface area contributed by atoms with Crippen LogP contribution < -0.4 is 5.32 Å². The van der Waals surface area contributed by atoms with Gasteiger partial charge in [0.1, 0.15) is 5.02 Å². The molecule has 5 nitrogen and oxygen atoms in total. The second kappa shape index (κ2) is 7.45. The molecule has 1 rings (SSSR count). The summed E-state index contributed by atoms with van der Waals surface area (Å²) < 4.78 is 0. The standard InChI is InChI=1S/C14H22ClN3O2/c1-5-11(3)17(4)7-6-16-13-9-12(15)14(18(19)20)8-10(13)2/h8-9,11,16H,5-7H2,1-4H3. The summed E-state index contributed by atoms with van der Waals surface area (Å²) >= 11 is 5.92. The van der Waals surface area contributed by atoms with Crippen molar-refractivity contribution in [3.8, 4) is 0 Å². The first kappa shape index (κ1) is 16.7. The average molecular weight is 300 g/mol. The number of nitro benzene ring substituents is 1. The van der Waals surface area contributed by atoms with Crippen LogP contribution in [0.15, 0.2) is 12.1 Å². The maximum absolute atomic E-state index is 10.8. The molecule has 0 saturated heterocycles. The van der Waals surface area contributed by atoms with E-state index in [0.29, 0.717) is 6.04 Å². The van der Waals surface area contributed by atoms with Gasteiger partial charge in [0.2, 0.25) is 0 Å². The minimum atomic E-state index is -0.462. The lowest BCUT2D eigenvalue weighted by molar-refractivity contribution is -0.384. The lowest BCUT2D eigenvalue weighted by Gasteiger charge is -2.23. The van der Waals surface area contributed by atoms with Gasteiger partial charge < -0.3 is 10.2 Å². The second-order valence-electron chi connectivity index (χ2n) is 5.04. The molecule has 0 bridgehead atoms. The van der Waals surface area contributed by atoms with Crippen LogP contribution in [-0.4, -0.2) is 36.0 Å². The normalized spacial score (nSPS) is 12.5. The highest BCUT2D eigenvalue weighted by atomic mass is 35.5. The lowest BCUT2D eigenvalue weighted by atomic mass is 10.1. The van der Waals surface area contributed by atoms with E-state index in [1.165, 1.54) is 6.07 Å². The molecule has 0 saturated carbocycles. The zero-order chi connectivity index (χ0) is 15.3. The highest BCUT2D eigenvalue weighted by Gasteiger charge is 2.15. The van der Waals surface area contributed by atoms with E-state index in [9.17, 15) is 10.1 Å². The Kier molecular flexibility index (Phi) is 6.23. The molecule has 0 radical (unpaired) electrons. The number of nitro groups is 1. The minimum absolute atomic E-state index is 0.0496. The third-order valence-corrected chi connectivity index (χ3v) is 3.92. The Hall–Kier alpha value is -1.33. The van der Waals surface area contributed by atoms with Crippen molar-refractivity contribution in [2.45, 2.75) is 33.2 Å². The average Bonchev–Trinajstić information content (AvgIpc) is 2.40.